The Labute approximate surface area is 112 Å². The van der Waals surface area contributed by atoms with E-state index in [0.29, 0.717) is 0 Å². The first kappa shape index (κ1) is 16.7. The molecule has 0 saturated heterocycles. The zero-order valence-corrected chi connectivity index (χ0v) is 12.8. The van der Waals surface area contributed by atoms with Gasteiger partial charge in [0, 0.05) is 12.3 Å². The Morgan fingerprint density at radius 3 is 2.00 bits per heavy atom. The highest BCUT2D eigenvalue weighted by atomic mass is 32.2. The molecular formula is C13H29NS2. The predicted molar refractivity (Wildman–Crippen MR) is 82.1 cm³/mol. The first-order valence-electron chi connectivity index (χ1n) is 6.59. The van der Waals surface area contributed by atoms with Gasteiger partial charge in [-0.05, 0) is 38.4 Å². The third-order valence-corrected chi connectivity index (χ3v) is 3.78. The van der Waals surface area contributed by atoms with Crippen LogP contribution >= 0.6 is 24.4 Å². The van der Waals surface area contributed by atoms with E-state index in [1.54, 1.807) is 0 Å². The van der Waals surface area contributed by atoms with Gasteiger partial charge in [0.25, 0.3) is 0 Å². The molecule has 0 heterocycles. The van der Waals surface area contributed by atoms with E-state index in [9.17, 15) is 0 Å². The van der Waals surface area contributed by atoms with Gasteiger partial charge < -0.3 is 4.90 Å². The van der Waals surface area contributed by atoms with E-state index in [1.807, 2.05) is 11.8 Å². The highest BCUT2D eigenvalue weighted by molar-refractivity contribution is 7.98. The van der Waals surface area contributed by atoms with Crippen molar-refractivity contribution in [2.45, 2.75) is 44.9 Å². The molecule has 0 amide bonds. The minimum absolute atomic E-state index is 1.06. The topological polar surface area (TPSA) is 3.24 Å². The molecule has 0 unspecified atom stereocenters. The van der Waals surface area contributed by atoms with Gasteiger partial charge >= 0.3 is 0 Å². The van der Waals surface area contributed by atoms with Crippen molar-refractivity contribution in [1.82, 2.24) is 4.90 Å². The van der Waals surface area contributed by atoms with Gasteiger partial charge in [-0.1, -0.05) is 32.1 Å². The molecule has 0 aromatic rings. The molecule has 0 fully saturated rings. The van der Waals surface area contributed by atoms with Crippen LogP contribution in [0.25, 0.3) is 0 Å². The lowest BCUT2D eigenvalue weighted by Gasteiger charge is -2.15. The zero-order chi connectivity index (χ0) is 12.1. The van der Waals surface area contributed by atoms with Gasteiger partial charge in [-0.15, -0.1) is 0 Å². The SMILES string of the molecule is CSCCN(C)CCCCCCCCCS. The zero-order valence-electron chi connectivity index (χ0n) is 11.1. The van der Waals surface area contributed by atoms with Crippen LogP contribution in [0.4, 0.5) is 0 Å². The second-order valence-corrected chi connectivity index (χ2v) is 5.93. The molecule has 1 nitrogen and oxygen atoms in total. The molecule has 0 atom stereocenters. The Bertz CT molecular complexity index is 131. The molecule has 0 aliphatic heterocycles. The minimum atomic E-state index is 1.06. The van der Waals surface area contributed by atoms with E-state index < -0.39 is 0 Å². The molecular weight excluding hydrogens is 234 g/mol. The molecule has 0 N–H and O–H groups in total. The van der Waals surface area contributed by atoms with Crippen molar-refractivity contribution >= 4 is 24.4 Å². The van der Waals surface area contributed by atoms with Crippen LogP contribution in [0.1, 0.15) is 44.9 Å². The van der Waals surface area contributed by atoms with Gasteiger partial charge in [0.2, 0.25) is 0 Å². The second kappa shape index (κ2) is 13.7. The summed E-state index contributed by atoms with van der Waals surface area (Å²) in [5, 5.41) is 0. The molecule has 0 rings (SSSR count). The van der Waals surface area contributed by atoms with Crippen LogP contribution in [0.15, 0.2) is 0 Å². The van der Waals surface area contributed by atoms with E-state index in [0.717, 1.165) is 5.75 Å². The predicted octanol–water partition coefficient (Wildman–Crippen LogP) is 3.94. The fraction of sp³-hybridized carbons (Fsp3) is 1.00. The highest BCUT2D eigenvalue weighted by Gasteiger charge is 1.97. The summed E-state index contributed by atoms with van der Waals surface area (Å²) in [6.45, 7) is 2.51. The summed E-state index contributed by atoms with van der Waals surface area (Å²) in [5.41, 5.74) is 0. The molecule has 0 radical (unpaired) electrons. The Hall–Kier alpha value is 0.660. The molecule has 0 aliphatic carbocycles. The van der Waals surface area contributed by atoms with Gasteiger partial charge in [0.05, 0.1) is 0 Å². The van der Waals surface area contributed by atoms with E-state index in [2.05, 4.69) is 30.8 Å². The number of thioether (sulfide) groups is 1. The van der Waals surface area contributed by atoms with Crippen molar-refractivity contribution in [1.29, 1.82) is 0 Å². The Morgan fingerprint density at radius 1 is 0.875 bits per heavy atom. The average molecular weight is 264 g/mol. The smallest absolute Gasteiger partial charge is 0.00692 e. The van der Waals surface area contributed by atoms with Crippen molar-refractivity contribution < 1.29 is 0 Å². The number of unbranched alkanes of at least 4 members (excludes halogenated alkanes) is 6. The number of nitrogens with zero attached hydrogens (tertiary/aromatic N) is 1. The fourth-order valence-corrected chi connectivity index (χ4v) is 2.45. The number of hydrogen-bond acceptors (Lipinski definition) is 3. The average Bonchev–Trinajstić information content (AvgIpc) is 2.30. The maximum atomic E-state index is 4.22. The quantitative estimate of drug-likeness (QED) is 0.420. The maximum Gasteiger partial charge on any atom is 0.00692 e. The van der Waals surface area contributed by atoms with E-state index >= 15 is 0 Å². The van der Waals surface area contributed by atoms with Gasteiger partial charge in [0.1, 0.15) is 0 Å². The summed E-state index contributed by atoms with van der Waals surface area (Å²) in [5.74, 6) is 2.32. The minimum Gasteiger partial charge on any atom is -0.306 e. The molecule has 3 heteroatoms. The van der Waals surface area contributed by atoms with Crippen LogP contribution in [-0.2, 0) is 0 Å². The van der Waals surface area contributed by atoms with Crippen molar-refractivity contribution in [3.8, 4) is 0 Å². The summed E-state index contributed by atoms with van der Waals surface area (Å²) in [6.07, 6.45) is 11.9. The summed E-state index contributed by atoms with van der Waals surface area (Å²) < 4.78 is 0. The summed E-state index contributed by atoms with van der Waals surface area (Å²) >= 11 is 6.16. The lowest BCUT2D eigenvalue weighted by molar-refractivity contribution is 0.343. The van der Waals surface area contributed by atoms with Crippen LogP contribution in [0.3, 0.4) is 0 Å². The first-order chi connectivity index (χ1) is 7.81. The van der Waals surface area contributed by atoms with Crippen molar-refractivity contribution in [3.05, 3.63) is 0 Å². The molecule has 0 aromatic heterocycles. The van der Waals surface area contributed by atoms with Gasteiger partial charge in [-0.3, -0.25) is 0 Å². The second-order valence-electron chi connectivity index (χ2n) is 4.49. The standard InChI is InChI=1S/C13H29NS2/c1-14(11-13-16-2)10-8-6-4-3-5-7-9-12-15/h15H,3-13H2,1-2H3. The molecule has 0 aromatic carbocycles. The van der Waals surface area contributed by atoms with Gasteiger partial charge in [-0.2, -0.15) is 24.4 Å². The van der Waals surface area contributed by atoms with Gasteiger partial charge in [-0.25, -0.2) is 0 Å². The van der Waals surface area contributed by atoms with Crippen LogP contribution in [0, 0.1) is 0 Å². The van der Waals surface area contributed by atoms with E-state index in [4.69, 9.17) is 0 Å². The van der Waals surface area contributed by atoms with Gasteiger partial charge in [0.15, 0.2) is 0 Å². The van der Waals surface area contributed by atoms with E-state index in [-0.39, 0.29) is 0 Å². The Balaban J connectivity index is 3.02. The summed E-state index contributed by atoms with van der Waals surface area (Å²) in [7, 11) is 2.24. The molecule has 0 spiro atoms. The third-order valence-electron chi connectivity index (χ3n) is 2.88. The monoisotopic (exact) mass is 263 g/mol. The fourth-order valence-electron chi connectivity index (χ4n) is 1.74. The van der Waals surface area contributed by atoms with Crippen molar-refractivity contribution in [2.75, 3.05) is 37.9 Å². The normalized spacial score (nSPS) is 11.2. The van der Waals surface area contributed by atoms with Crippen LogP contribution < -0.4 is 0 Å². The number of rotatable bonds is 12. The molecule has 98 valence electrons. The number of thiol groups is 1. The summed E-state index contributed by atoms with van der Waals surface area (Å²) in [6, 6.07) is 0. The first-order valence-corrected chi connectivity index (χ1v) is 8.62. The van der Waals surface area contributed by atoms with Crippen molar-refractivity contribution in [2.24, 2.45) is 0 Å². The number of hydrogen-bond donors (Lipinski definition) is 1. The largest absolute Gasteiger partial charge is 0.306 e. The third kappa shape index (κ3) is 12.7. The van der Waals surface area contributed by atoms with Crippen LogP contribution in [-0.4, -0.2) is 42.8 Å². The lowest BCUT2D eigenvalue weighted by Crippen LogP contribution is -2.22. The molecule has 0 bridgehead atoms. The van der Waals surface area contributed by atoms with E-state index in [1.165, 1.54) is 63.8 Å². The molecule has 0 saturated carbocycles. The van der Waals surface area contributed by atoms with Crippen molar-refractivity contribution in [3.63, 3.8) is 0 Å². The highest BCUT2D eigenvalue weighted by Crippen LogP contribution is 2.08. The van der Waals surface area contributed by atoms with Crippen LogP contribution in [0.5, 0.6) is 0 Å². The lowest BCUT2D eigenvalue weighted by atomic mass is 10.1. The van der Waals surface area contributed by atoms with Crippen LogP contribution in [0.2, 0.25) is 0 Å². The maximum absolute atomic E-state index is 4.22. The Morgan fingerprint density at radius 2 is 1.44 bits per heavy atom. The summed E-state index contributed by atoms with van der Waals surface area (Å²) in [4.78, 5) is 2.46. The molecule has 0 aliphatic rings. The Kier molecular flexibility index (Phi) is 14.3. The molecule has 16 heavy (non-hydrogen) atoms.